The minimum Gasteiger partial charge on any atom is -0.443 e. The maximum atomic E-state index is 12.0. The molecule has 0 aliphatic carbocycles. The van der Waals surface area contributed by atoms with Gasteiger partial charge in [-0.2, -0.15) is 0 Å². The lowest BCUT2D eigenvalue weighted by Crippen LogP contribution is -2.35. The van der Waals surface area contributed by atoms with Crippen molar-refractivity contribution >= 4 is 17.4 Å². The Balaban J connectivity index is 2.26. The van der Waals surface area contributed by atoms with Crippen LogP contribution in [-0.4, -0.2) is 23.2 Å². The molecule has 1 aromatic heterocycles. The van der Waals surface area contributed by atoms with Gasteiger partial charge in [0, 0.05) is 6.20 Å². The van der Waals surface area contributed by atoms with Gasteiger partial charge in [0.05, 0.1) is 17.9 Å². The van der Waals surface area contributed by atoms with Gasteiger partial charge in [-0.3, -0.25) is 9.88 Å². The zero-order chi connectivity index (χ0) is 12.6. The molecule has 17 heavy (non-hydrogen) atoms. The van der Waals surface area contributed by atoms with E-state index >= 15 is 0 Å². The Hall–Kier alpha value is -1.84. The summed E-state index contributed by atoms with van der Waals surface area (Å²) in [5.41, 5.74) is 1.89. The van der Waals surface area contributed by atoms with Crippen molar-refractivity contribution in [1.82, 2.24) is 4.98 Å². The average Bonchev–Trinajstić information content (AvgIpc) is 2.55. The molecule has 1 aliphatic heterocycles. The van der Waals surface area contributed by atoms with Crippen LogP contribution in [0.3, 0.4) is 0 Å². The molecular formula is C13H16N2O2. The Bertz CT molecular complexity index is 475. The number of carbonyl (C=O) groups is 1. The molecule has 4 heteroatoms. The van der Waals surface area contributed by atoms with Crippen molar-refractivity contribution in [3.05, 3.63) is 30.6 Å². The van der Waals surface area contributed by atoms with Crippen LogP contribution in [0.1, 0.15) is 26.5 Å². The van der Waals surface area contributed by atoms with Crippen LogP contribution in [0.15, 0.2) is 24.9 Å². The number of hydrogen-bond acceptors (Lipinski definition) is 3. The number of nitrogens with zero attached hydrogens (tertiary/aromatic N) is 2. The fraction of sp³-hybridized carbons (Fsp3) is 0.385. The van der Waals surface area contributed by atoms with Crippen molar-refractivity contribution in [3.8, 4) is 0 Å². The van der Waals surface area contributed by atoms with Crippen molar-refractivity contribution in [1.29, 1.82) is 0 Å². The van der Waals surface area contributed by atoms with Gasteiger partial charge < -0.3 is 4.74 Å². The van der Waals surface area contributed by atoms with Crippen LogP contribution in [0.4, 0.5) is 10.5 Å². The molecule has 1 aliphatic rings. The quantitative estimate of drug-likeness (QED) is 0.690. The van der Waals surface area contributed by atoms with Gasteiger partial charge >= 0.3 is 6.09 Å². The van der Waals surface area contributed by atoms with Gasteiger partial charge in [0.15, 0.2) is 0 Å². The Labute approximate surface area is 101 Å². The second-order valence-electron chi connectivity index (χ2n) is 5.04. The molecule has 2 heterocycles. The standard InChI is InChI=1S/C13H16N2O2/c1-9-8-15(12(16)17-13(2,3)4)10-6-5-7-14-11(9)10/h5-7H,1,8H2,2-4H3. The SMILES string of the molecule is C=C1CN(C(=O)OC(C)(C)C)c2cccnc21. The molecule has 0 bridgehead atoms. The summed E-state index contributed by atoms with van der Waals surface area (Å²) in [6.07, 6.45) is 1.34. The zero-order valence-corrected chi connectivity index (χ0v) is 10.4. The van der Waals surface area contributed by atoms with Crippen LogP contribution in [-0.2, 0) is 4.74 Å². The van der Waals surface area contributed by atoms with Crippen molar-refractivity contribution < 1.29 is 9.53 Å². The molecule has 0 spiro atoms. The molecule has 1 amide bonds. The monoisotopic (exact) mass is 232 g/mol. The van der Waals surface area contributed by atoms with Crippen LogP contribution < -0.4 is 4.90 Å². The van der Waals surface area contributed by atoms with E-state index in [1.165, 1.54) is 0 Å². The van der Waals surface area contributed by atoms with Crippen molar-refractivity contribution in [2.45, 2.75) is 26.4 Å². The number of pyridine rings is 1. The normalized spacial score (nSPS) is 14.8. The molecule has 0 aromatic carbocycles. The fourth-order valence-electron chi connectivity index (χ4n) is 1.72. The molecule has 2 rings (SSSR count). The number of amides is 1. The van der Waals surface area contributed by atoms with Crippen molar-refractivity contribution in [3.63, 3.8) is 0 Å². The lowest BCUT2D eigenvalue weighted by molar-refractivity contribution is 0.0586. The third-order valence-electron chi connectivity index (χ3n) is 2.37. The van der Waals surface area contributed by atoms with E-state index in [9.17, 15) is 4.79 Å². The van der Waals surface area contributed by atoms with Gasteiger partial charge in [-0.15, -0.1) is 0 Å². The molecule has 0 saturated heterocycles. The minimum atomic E-state index is -0.497. The van der Waals surface area contributed by atoms with Crippen LogP contribution in [0.2, 0.25) is 0 Å². The van der Waals surface area contributed by atoms with Crippen LogP contribution >= 0.6 is 0 Å². The summed E-state index contributed by atoms with van der Waals surface area (Å²) in [5.74, 6) is 0. The third kappa shape index (κ3) is 2.30. The number of hydrogen-bond donors (Lipinski definition) is 0. The number of ether oxygens (including phenoxy) is 1. The molecule has 90 valence electrons. The van der Waals surface area contributed by atoms with Crippen molar-refractivity contribution in [2.24, 2.45) is 0 Å². The third-order valence-corrected chi connectivity index (χ3v) is 2.37. The van der Waals surface area contributed by atoms with Gasteiger partial charge in [-0.25, -0.2) is 4.79 Å². The van der Waals surface area contributed by atoms with Crippen molar-refractivity contribution in [2.75, 3.05) is 11.4 Å². The van der Waals surface area contributed by atoms with E-state index in [1.54, 1.807) is 17.2 Å². The first-order valence-corrected chi connectivity index (χ1v) is 5.52. The first-order valence-electron chi connectivity index (χ1n) is 5.52. The molecule has 1 aromatic rings. The van der Waals surface area contributed by atoms with E-state index in [4.69, 9.17) is 4.74 Å². The van der Waals surface area contributed by atoms with Gasteiger partial charge in [-0.05, 0) is 38.5 Å². The molecule has 4 nitrogen and oxygen atoms in total. The lowest BCUT2D eigenvalue weighted by Gasteiger charge is -2.24. The number of fused-ring (bicyclic) bond motifs is 1. The van der Waals surface area contributed by atoms with E-state index < -0.39 is 5.60 Å². The highest BCUT2D eigenvalue weighted by molar-refractivity contribution is 5.98. The maximum absolute atomic E-state index is 12.0. The predicted molar refractivity (Wildman–Crippen MR) is 66.9 cm³/mol. The highest BCUT2D eigenvalue weighted by Crippen LogP contribution is 2.33. The van der Waals surface area contributed by atoms with Gasteiger partial charge in [0.2, 0.25) is 0 Å². The smallest absolute Gasteiger partial charge is 0.415 e. The predicted octanol–water partition coefficient (Wildman–Crippen LogP) is 2.85. The molecule has 0 atom stereocenters. The van der Waals surface area contributed by atoms with E-state index in [0.717, 1.165) is 17.0 Å². The lowest BCUT2D eigenvalue weighted by atomic mass is 10.2. The van der Waals surface area contributed by atoms with E-state index in [2.05, 4.69) is 11.6 Å². The second kappa shape index (κ2) is 3.87. The summed E-state index contributed by atoms with van der Waals surface area (Å²) in [6.45, 7) is 9.90. The van der Waals surface area contributed by atoms with Gasteiger partial charge in [-0.1, -0.05) is 6.58 Å². The fourth-order valence-corrected chi connectivity index (χ4v) is 1.72. The Morgan fingerprint density at radius 1 is 1.53 bits per heavy atom. The summed E-state index contributed by atoms with van der Waals surface area (Å²) in [6, 6.07) is 3.65. The van der Waals surface area contributed by atoms with E-state index in [0.29, 0.717) is 6.54 Å². The molecule has 0 fully saturated rings. The number of carbonyl (C=O) groups excluding carboxylic acids is 1. The highest BCUT2D eigenvalue weighted by atomic mass is 16.6. The molecule has 0 N–H and O–H groups in total. The zero-order valence-electron chi connectivity index (χ0n) is 10.4. The van der Waals surface area contributed by atoms with Crippen LogP contribution in [0, 0.1) is 0 Å². The summed E-state index contributed by atoms with van der Waals surface area (Å²) in [7, 11) is 0. The number of anilines is 1. The Morgan fingerprint density at radius 2 is 2.24 bits per heavy atom. The first-order chi connectivity index (χ1) is 7.88. The summed E-state index contributed by atoms with van der Waals surface area (Å²) in [5, 5.41) is 0. The second-order valence-corrected chi connectivity index (χ2v) is 5.04. The first kappa shape index (κ1) is 11.6. The van der Waals surface area contributed by atoms with E-state index in [-0.39, 0.29) is 6.09 Å². The summed E-state index contributed by atoms with van der Waals surface area (Å²) in [4.78, 5) is 17.8. The molecule has 0 unspecified atom stereocenters. The maximum Gasteiger partial charge on any atom is 0.415 e. The average molecular weight is 232 g/mol. The van der Waals surface area contributed by atoms with Crippen LogP contribution in [0.25, 0.3) is 5.57 Å². The van der Waals surface area contributed by atoms with Crippen LogP contribution in [0.5, 0.6) is 0 Å². The molecule has 0 saturated carbocycles. The molecule has 0 radical (unpaired) electrons. The minimum absolute atomic E-state index is 0.356. The highest BCUT2D eigenvalue weighted by Gasteiger charge is 2.31. The van der Waals surface area contributed by atoms with E-state index in [1.807, 2.05) is 26.8 Å². The molecular weight excluding hydrogens is 216 g/mol. The van der Waals surface area contributed by atoms with Gasteiger partial charge in [0.1, 0.15) is 5.60 Å². The van der Waals surface area contributed by atoms with Gasteiger partial charge in [0.25, 0.3) is 0 Å². The summed E-state index contributed by atoms with van der Waals surface area (Å²) < 4.78 is 5.34. The number of rotatable bonds is 0. The largest absolute Gasteiger partial charge is 0.443 e. The topological polar surface area (TPSA) is 42.4 Å². The Morgan fingerprint density at radius 3 is 2.88 bits per heavy atom. The Kier molecular flexibility index (Phi) is 2.65. The summed E-state index contributed by atoms with van der Waals surface area (Å²) >= 11 is 0. The number of aromatic nitrogens is 1.